The lowest BCUT2D eigenvalue weighted by Crippen LogP contribution is -2.18. The Morgan fingerprint density at radius 3 is 2.28 bits per heavy atom. The number of carbonyl (C=O) groups is 3. The minimum Gasteiger partial charge on any atom is -0.465 e. The first-order valence-corrected chi connectivity index (χ1v) is 10.3. The van der Waals surface area contributed by atoms with Crippen LogP contribution in [0.3, 0.4) is 0 Å². The molecule has 0 aliphatic heterocycles. The zero-order valence-corrected chi connectivity index (χ0v) is 18.7. The second kappa shape index (κ2) is 9.96. The summed E-state index contributed by atoms with van der Waals surface area (Å²) < 4.78 is 4.82. The van der Waals surface area contributed by atoms with Crippen LogP contribution in [0.15, 0.2) is 54.6 Å². The zero-order valence-electron chi connectivity index (χ0n) is 18.7. The molecular formula is C25H27N3O4. The molecule has 7 nitrogen and oxygen atoms in total. The van der Waals surface area contributed by atoms with E-state index in [9.17, 15) is 14.4 Å². The molecule has 0 bridgehead atoms. The van der Waals surface area contributed by atoms with Crippen LogP contribution in [0.4, 0.5) is 11.4 Å². The minimum atomic E-state index is -0.583. The number of hydrogen-bond donors (Lipinski definition) is 2. The Morgan fingerprint density at radius 2 is 1.69 bits per heavy atom. The first-order valence-electron chi connectivity index (χ1n) is 10.3. The average molecular weight is 434 g/mol. The molecule has 1 amide bonds. The largest absolute Gasteiger partial charge is 0.465 e. The highest BCUT2D eigenvalue weighted by molar-refractivity contribution is 6.02. The Kier molecular flexibility index (Phi) is 7.10. The highest BCUT2D eigenvalue weighted by Crippen LogP contribution is 2.22. The van der Waals surface area contributed by atoms with Crippen LogP contribution in [0.2, 0.25) is 0 Å². The van der Waals surface area contributed by atoms with Crippen molar-refractivity contribution in [1.29, 1.82) is 0 Å². The van der Waals surface area contributed by atoms with Crippen molar-refractivity contribution >= 4 is 29.0 Å². The predicted molar refractivity (Wildman–Crippen MR) is 124 cm³/mol. The van der Waals surface area contributed by atoms with E-state index in [0.717, 1.165) is 12.2 Å². The Hall–Kier alpha value is -3.87. The average Bonchev–Trinajstić information content (AvgIpc) is 3.10. The van der Waals surface area contributed by atoms with E-state index >= 15 is 0 Å². The normalized spacial score (nSPS) is 10.5. The molecule has 1 aromatic heterocycles. The number of amides is 1. The first kappa shape index (κ1) is 22.8. The molecule has 0 radical (unpaired) electrons. The lowest BCUT2D eigenvalue weighted by atomic mass is 10.1. The van der Waals surface area contributed by atoms with E-state index in [1.807, 2.05) is 49.5 Å². The molecule has 1 heterocycles. The number of methoxy groups -OCH3 is 1. The van der Waals surface area contributed by atoms with Crippen LogP contribution in [0, 0.1) is 6.92 Å². The van der Waals surface area contributed by atoms with Crippen molar-refractivity contribution in [1.82, 2.24) is 4.98 Å². The molecule has 3 aromatic rings. The molecule has 2 N–H and O–H groups in total. The van der Waals surface area contributed by atoms with Gasteiger partial charge in [-0.25, -0.2) is 4.79 Å². The van der Waals surface area contributed by atoms with Gasteiger partial charge in [0, 0.05) is 37.6 Å². The molecule has 3 rings (SSSR count). The minimum absolute atomic E-state index is 0.0891. The molecule has 0 saturated carbocycles. The van der Waals surface area contributed by atoms with Gasteiger partial charge >= 0.3 is 5.97 Å². The van der Waals surface area contributed by atoms with E-state index in [2.05, 4.69) is 27.3 Å². The molecule has 0 atom stereocenters. The van der Waals surface area contributed by atoms with Crippen LogP contribution in [0.1, 0.15) is 44.6 Å². The molecular weight excluding hydrogens is 406 g/mol. The van der Waals surface area contributed by atoms with Crippen LogP contribution in [0.5, 0.6) is 0 Å². The van der Waals surface area contributed by atoms with Crippen LogP contribution >= 0.6 is 0 Å². The number of nitrogens with one attached hydrogen (secondary N) is 2. The summed E-state index contributed by atoms with van der Waals surface area (Å²) in [5, 5.41) is 2.83. The Labute approximate surface area is 187 Å². The molecule has 2 aromatic carbocycles. The third-order valence-corrected chi connectivity index (χ3v) is 5.26. The first-order chi connectivity index (χ1) is 15.3. The number of esters is 1. The smallest absolute Gasteiger partial charge is 0.339 e. The summed E-state index contributed by atoms with van der Waals surface area (Å²) in [6.07, 6.45) is -0.0891. The van der Waals surface area contributed by atoms with E-state index < -0.39 is 5.97 Å². The van der Waals surface area contributed by atoms with Gasteiger partial charge in [-0.2, -0.15) is 0 Å². The van der Waals surface area contributed by atoms with Crippen molar-refractivity contribution in [2.24, 2.45) is 0 Å². The number of aromatic amines is 1. The number of rotatable bonds is 8. The second-order valence-electron chi connectivity index (χ2n) is 7.64. The molecule has 7 heteroatoms. The number of carbonyl (C=O) groups excluding carboxylic acids is 3. The molecule has 0 fully saturated rings. The van der Waals surface area contributed by atoms with Gasteiger partial charge in [-0.05, 0) is 42.3 Å². The van der Waals surface area contributed by atoms with Gasteiger partial charge in [0.15, 0.2) is 5.78 Å². The molecule has 0 saturated heterocycles. The van der Waals surface area contributed by atoms with Crippen molar-refractivity contribution in [3.8, 4) is 0 Å². The van der Waals surface area contributed by atoms with Gasteiger partial charge in [-0.15, -0.1) is 0 Å². The Balaban J connectivity index is 1.68. The van der Waals surface area contributed by atoms with Crippen molar-refractivity contribution in [2.45, 2.75) is 26.8 Å². The third kappa shape index (κ3) is 5.24. The third-order valence-electron chi connectivity index (χ3n) is 5.26. The fourth-order valence-corrected chi connectivity index (χ4v) is 3.64. The summed E-state index contributed by atoms with van der Waals surface area (Å²) in [7, 11) is 3.28. The second-order valence-corrected chi connectivity index (χ2v) is 7.64. The van der Waals surface area contributed by atoms with E-state index in [4.69, 9.17) is 4.74 Å². The number of benzene rings is 2. The fourth-order valence-electron chi connectivity index (χ4n) is 3.64. The number of anilines is 2. The van der Waals surface area contributed by atoms with Gasteiger partial charge in [0.1, 0.15) is 0 Å². The fraction of sp³-hybridized carbons (Fsp3) is 0.240. The summed E-state index contributed by atoms with van der Waals surface area (Å²) in [6, 6.07) is 17.7. The summed E-state index contributed by atoms with van der Waals surface area (Å²) >= 11 is 0. The molecule has 0 aliphatic carbocycles. The highest BCUT2D eigenvalue weighted by atomic mass is 16.5. The van der Waals surface area contributed by atoms with Crippen molar-refractivity contribution in [3.05, 3.63) is 82.7 Å². The van der Waals surface area contributed by atoms with E-state index in [1.54, 1.807) is 6.92 Å². The Bertz CT molecular complexity index is 1120. The van der Waals surface area contributed by atoms with Gasteiger partial charge in [-0.1, -0.05) is 30.3 Å². The van der Waals surface area contributed by atoms with Crippen molar-refractivity contribution in [3.63, 3.8) is 0 Å². The van der Waals surface area contributed by atoms with E-state index in [1.165, 1.54) is 19.6 Å². The van der Waals surface area contributed by atoms with Crippen molar-refractivity contribution in [2.75, 3.05) is 24.4 Å². The number of hydrogen-bond acceptors (Lipinski definition) is 5. The number of ketones is 1. The van der Waals surface area contributed by atoms with Gasteiger partial charge in [-0.3, -0.25) is 9.59 Å². The number of H-pyrrole nitrogens is 1. The summed E-state index contributed by atoms with van der Waals surface area (Å²) in [4.78, 5) is 41.7. The SMILES string of the molecule is COC(=O)c1c(CC(=O)Nc2ccc(N(C)Cc3ccccc3)cc2)[nH]c(C(C)=O)c1C. The highest BCUT2D eigenvalue weighted by Gasteiger charge is 2.24. The maximum atomic E-state index is 12.6. The van der Waals surface area contributed by atoms with E-state index in [-0.39, 0.29) is 23.7 Å². The zero-order chi connectivity index (χ0) is 23.3. The van der Waals surface area contributed by atoms with Crippen LogP contribution < -0.4 is 10.2 Å². The van der Waals surface area contributed by atoms with Gasteiger partial charge in [0.05, 0.1) is 24.8 Å². The van der Waals surface area contributed by atoms with Crippen LogP contribution in [-0.4, -0.2) is 36.8 Å². The summed E-state index contributed by atoms with van der Waals surface area (Å²) in [5.41, 5.74) is 4.24. The Morgan fingerprint density at radius 1 is 1.03 bits per heavy atom. The topological polar surface area (TPSA) is 91.5 Å². The monoisotopic (exact) mass is 433 g/mol. The quantitative estimate of drug-likeness (QED) is 0.412. The van der Waals surface area contributed by atoms with E-state index in [0.29, 0.717) is 22.6 Å². The maximum absolute atomic E-state index is 12.6. The summed E-state index contributed by atoms with van der Waals surface area (Å²) in [6.45, 7) is 3.83. The molecule has 32 heavy (non-hydrogen) atoms. The number of nitrogens with zero attached hydrogens (tertiary/aromatic N) is 1. The summed E-state index contributed by atoms with van der Waals surface area (Å²) in [5.74, 6) is -1.11. The van der Waals surface area contributed by atoms with Gasteiger partial charge in [0.2, 0.25) is 5.91 Å². The number of aromatic nitrogens is 1. The van der Waals surface area contributed by atoms with Crippen LogP contribution in [-0.2, 0) is 22.5 Å². The van der Waals surface area contributed by atoms with Crippen molar-refractivity contribution < 1.29 is 19.1 Å². The lowest BCUT2D eigenvalue weighted by Gasteiger charge is -2.19. The molecule has 0 unspecified atom stereocenters. The van der Waals surface area contributed by atoms with Crippen LogP contribution in [0.25, 0.3) is 0 Å². The van der Waals surface area contributed by atoms with Gasteiger partial charge < -0.3 is 19.9 Å². The number of Topliss-reactive ketones (excluding diaryl/α,β-unsaturated/α-hetero) is 1. The molecule has 0 spiro atoms. The maximum Gasteiger partial charge on any atom is 0.339 e. The predicted octanol–water partition coefficient (Wildman–Crippen LogP) is 4.13. The van der Waals surface area contributed by atoms with Gasteiger partial charge in [0.25, 0.3) is 0 Å². The molecule has 166 valence electrons. The standard InChI is InChI=1S/C25H27N3O4/c1-16-23(25(31)32-4)21(27-24(16)17(2)29)14-22(30)26-19-10-12-20(13-11-19)28(3)15-18-8-6-5-7-9-18/h5-13,27H,14-15H2,1-4H3,(H,26,30). The lowest BCUT2D eigenvalue weighted by molar-refractivity contribution is -0.115. The number of ether oxygens (including phenoxy) is 1. The molecule has 0 aliphatic rings.